The number of hydrogen-bond donors (Lipinski definition) is 0. The summed E-state index contributed by atoms with van der Waals surface area (Å²) in [6, 6.07) is 4.74. The minimum Gasteiger partial charge on any atom is -0.293 e. The maximum absolute atomic E-state index is 13.5. The molecule has 1 nitrogen and oxygen atoms in total. The fraction of sp³-hybridized carbons (Fsp3) is 0.364. The highest BCUT2D eigenvalue weighted by Gasteiger charge is 2.25. The van der Waals surface area contributed by atoms with E-state index in [0.29, 0.717) is 4.47 Å². The average molecular weight is 259 g/mol. The molecule has 0 aliphatic heterocycles. The third kappa shape index (κ3) is 2.21. The summed E-state index contributed by atoms with van der Waals surface area (Å²) in [6.07, 6.45) is 0. The first-order chi connectivity index (χ1) is 6.34. The summed E-state index contributed by atoms with van der Waals surface area (Å²) in [6.45, 7) is 5.32. The van der Waals surface area contributed by atoms with Gasteiger partial charge in [-0.25, -0.2) is 4.39 Å². The molecule has 3 heteroatoms. The number of rotatable bonds is 1. The number of carbonyl (C=O) groups excluding carboxylic acids is 1. The molecule has 0 amide bonds. The second-order valence-corrected chi connectivity index (χ2v) is 5.03. The van der Waals surface area contributed by atoms with Crippen molar-refractivity contribution in [3.63, 3.8) is 0 Å². The smallest absolute Gasteiger partial charge is 0.171 e. The Morgan fingerprint density at radius 3 is 2.43 bits per heavy atom. The molecule has 0 heterocycles. The van der Waals surface area contributed by atoms with Crippen LogP contribution in [0.3, 0.4) is 0 Å². The highest BCUT2D eigenvalue weighted by molar-refractivity contribution is 9.10. The van der Waals surface area contributed by atoms with Crippen LogP contribution in [0, 0.1) is 11.2 Å². The molecule has 1 rings (SSSR count). The Hall–Kier alpha value is -0.700. The molecule has 0 radical (unpaired) electrons. The Morgan fingerprint density at radius 2 is 1.93 bits per heavy atom. The Morgan fingerprint density at radius 1 is 1.36 bits per heavy atom. The van der Waals surface area contributed by atoms with E-state index in [1.54, 1.807) is 32.9 Å². The Kier molecular flexibility index (Phi) is 3.10. The van der Waals surface area contributed by atoms with Gasteiger partial charge >= 0.3 is 0 Å². The van der Waals surface area contributed by atoms with Gasteiger partial charge in [0, 0.05) is 5.41 Å². The lowest BCUT2D eigenvalue weighted by Crippen LogP contribution is -2.21. The predicted octanol–water partition coefficient (Wildman–Crippen LogP) is 3.82. The molecule has 0 aliphatic rings. The van der Waals surface area contributed by atoms with Crippen LogP contribution in [-0.4, -0.2) is 5.78 Å². The highest BCUT2D eigenvalue weighted by atomic mass is 79.9. The van der Waals surface area contributed by atoms with Gasteiger partial charge in [0.05, 0.1) is 10.0 Å². The van der Waals surface area contributed by atoms with Crippen LogP contribution in [0.25, 0.3) is 0 Å². The van der Waals surface area contributed by atoms with Crippen molar-refractivity contribution in [1.82, 2.24) is 0 Å². The minimum atomic E-state index is -0.554. The molecule has 0 bridgehead atoms. The fourth-order valence-electron chi connectivity index (χ4n) is 1.08. The lowest BCUT2D eigenvalue weighted by Gasteiger charge is -2.17. The van der Waals surface area contributed by atoms with Crippen LogP contribution in [0.4, 0.5) is 4.39 Å². The molecular formula is C11H12BrFO. The molecule has 0 unspecified atom stereocenters. The van der Waals surface area contributed by atoms with Gasteiger partial charge in [0.2, 0.25) is 0 Å². The van der Waals surface area contributed by atoms with Crippen molar-refractivity contribution in [3.05, 3.63) is 34.1 Å². The predicted molar refractivity (Wildman–Crippen MR) is 57.9 cm³/mol. The molecule has 76 valence electrons. The summed E-state index contributed by atoms with van der Waals surface area (Å²) in [7, 11) is 0. The van der Waals surface area contributed by atoms with Gasteiger partial charge in [-0.1, -0.05) is 26.8 Å². The van der Waals surface area contributed by atoms with E-state index in [4.69, 9.17) is 0 Å². The van der Waals surface area contributed by atoms with Gasteiger partial charge < -0.3 is 0 Å². The van der Waals surface area contributed by atoms with Crippen molar-refractivity contribution in [2.75, 3.05) is 0 Å². The number of carbonyl (C=O) groups is 1. The van der Waals surface area contributed by atoms with Crippen molar-refractivity contribution >= 4 is 21.7 Å². The van der Waals surface area contributed by atoms with E-state index in [0.717, 1.165) is 0 Å². The molecule has 0 fully saturated rings. The van der Waals surface area contributed by atoms with Crippen LogP contribution in [-0.2, 0) is 0 Å². The third-order valence-electron chi connectivity index (χ3n) is 1.88. The van der Waals surface area contributed by atoms with E-state index in [1.807, 2.05) is 0 Å². The van der Waals surface area contributed by atoms with E-state index in [-0.39, 0.29) is 11.3 Å². The second-order valence-electron chi connectivity index (χ2n) is 4.18. The van der Waals surface area contributed by atoms with E-state index in [1.165, 1.54) is 6.07 Å². The molecule has 0 aliphatic carbocycles. The molecule has 0 N–H and O–H groups in total. The Labute approximate surface area is 91.5 Å². The van der Waals surface area contributed by atoms with Gasteiger partial charge in [0.15, 0.2) is 5.78 Å². The highest BCUT2D eigenvalue weighted by Crippen LogP contribution is 2.25. The molecule has 1 aromatic rings. The number of ketones is 1. The van der Waals surface area contributed by atoms with E-state index >= 15 is 0 Å². The first-order valence-electron chi connectivity index (χ1n) is 4.33. The SMILES string of the molecule is CC(C)(C)C(=O)c1cccc(Br)c1F. The largest absolute Gasteiger partial charge is 0.293 e. The van der Waals surface area contributed by atoms with E-state index < -0.39 is 11.2 Å². The van der Waals surface area contributed by atoms with Gasteiger partial charge in [-0.05, 0) is 28.1 Å². The Bertz CT molecular complexity index is 366. The quantitative estimate of drug-likeness (QED) is 0.701. The van der Waals surface area contributed by atoms with Crippen LogP contribution >= 0.6 is 15.9 Å². The standard InChI is InChI=1S/C11H12BrFO/c1-11(2,3)10(14)7-5-4-6-8(12)9(7)13/h4-6H,1-3H3. The molecule has 0 atom stereocenters. The van der Waals surface area contributed by atoms with E-state index in [2.05, 4.69) is 15.9 Å². The third-order valence-corrected chi connectivity index (χ3v) is 2.49. The molecule has 0 aromatic heterocycles. The van der Waals surface area contributed by atoms with Gasteiger partial charge in [-0.3, -0.25) is 4.79 Å². The number of benzene rings is 1. The monoisotopic (exact) mass is 258 g/mol. The van der Waals surface area contributed by atoms with Gasteiger partial charge in [-0.2, -0.15) is 0 Å². The molecule has 0 saturated carbocycles. The lowest BCUT2D eigenvalue weighted by molar-refractivity contribution is 0.0854. The number of Topliss-reactive ketones (excluding diaryl/α,β-unsaturated/α-hetero) is 1. The van der Waals surface area contributed by atoms with Crippen LogP contribution in [0.5, 0.6) is 0 Å². The van der Waals surface area contributed by atoms with Crippen molar-refractivity contribution in [2.45, 2.75) is 20.8 Å². The summed E-state index contributed by atoms with van der Waals surface area (Å²) < 4.78 is 13.8. The van der Waals surface area contributed by atoms with Gasteiger partial charge in [0.1, 0.15) is 5.82 Å². The van der Waals surface area contributed by atoms with Crippen LogP contribution in [0.2, 0.25) is 0 Å². The first-order valence-corrected chi connectivity index (χ1v) is 5.12. The summed E-state index contributed by atoms with van der Waals surface area (Å²) in [4.78, 5) is 11.8. The van der Waals surface area contributed by atoms with Crippen molar-refractivity contribution in [1.29, 1.82) is 0 Å². The zero-order valence-corrected chi connectivity index (χ0v) is 9.98. The summed E-state index contributed by atoms with van der Waals surface area (Å²) in [5.41, 5.74) is -0.409. The number of halogens is 2. The number of hydrogen-bond acceptors (Lipinski definition) is 1. The zero-order valence-electron chi connectivity index (χ0n) is 8.40. The molecular weight excluding hydrogens is 247 g/mol. The average Bonchev–Trinajstić information content (AvgIpc) is 2.07. The van der Waals surface area contributed by atoms with Gasteiger partial charge in [0.25, 0.3) is 0 Å². The van der Waals surface area contributed by atoms with Gasteiger partial charge in [-0.15, -0.1) is 0 Å². The fourth-order valence-corrected chi connectivity index (χ4v) is 1.45. The topological polar surface area (TPSA) is 17.1 Å². The molecule has 0 spiro atoms. The Balaban J connectivity index is 3.21. The molecule has 0 saturated heterocycles. The second kappa shape index (κ2) is 3.81. The van der Waals surface area contributed by atoms with Crippen LogP contribution in [0.15, 0.2) is 22.7 Å². The van der Waals surface area contributed by atoms with Crippen molar-refractivity contribution in [3.8, 4) is 0 Å². The lowest BCUT2D eigenvalue weighted by atomic mass is 9.86. The molecule has 14 heavy (non-hydrogen) atoms. The van der Waals surface area contributed by atoms with Crippen molar-refractivity contribution in [2.24, 2.45) is 5.41 Å². The first kappa shape index (κ1) is 11.4. The van der Waals surface area contributed by atoms with Crippen LogP contribution in [0.1, 0.15) is 31.1 Å². The zero-order chi connectivity index (χ0) is 10.9. The van der Waals surface area contributed by atoms with Crippen LogP contribution < -0.4 is 0 Å². The minimum absolute atomic E-state index is 0.145. The maximum Gasteiger partial charge on any atom is 0.171 e. The molecule has 1 aromatic carbocycles. The van der Waals surface area contributed by atoms with Crippen molar-refractivity contribution < 1.29 is 9.18 Å². The summed E-state index contributed by atoms with van der Waals surface area (Å²) in [5.74, 6) is -0.663. The maximum atomic E-state index is 13.5. The summed E-state index contributed by atoms with van der Waals surface area (Å²) in [5, 5.41) is 0. The summed E-state index contributed by atoms with van der Waals surface area (Å²) >= 11 is 3.05. The normalized spacial score (nSPS) is 11.5. The van der Waals surface area contributed by atoms with E-state index in [9.17, 15) is 9.18 Å².